The molecule has 126 valence electrons. The van der Waals surface area contributed by atoms with E-state index in [0.717, 1.165) is 0 Å². The zero-order chi connectivity index (χ0) is 16.4. The lowest BCUT2D eigenvalue weighted by Crippen LogP contribution is -2.54. The van der Waals surface area contributed by atoms with Gasteiger partial charge in [-0.3, -0.25) is 9.59 Å². The highest BCUT2D eigenvalue weighted by atomic mass is 16.5. The van der Waals surface area contributed by atoms with E-state index in [1.54, 1.807) is 16.9 Å². The van der Waals surface area contributed by atoms with Gasteiger partial charge >= 0.3 is 0 Å². The highest BCUT2D eigenvalue weighted by Crippen LogP contribution is 2.25. The first-order chi connectivity index (χ1) is 11.1. The number of nitrogens with zero attached hydrogens (tertiary/aromatic N) is 3. The number of morpholine rings is 1. The van der Waals surface area contributed by atoms with Crippen molar-refractivity contribution >= 4 is 11.8 Å². The van der Waals surface area contributed by atoms with Crippen molar-refractivity contribution in [2.75, 3.05) is 47.1 Å². The minimum absolute atomic E-state index is 0.0308. The van der Waals surface area contributed by atoms with Crippen LogP contribution in [0, 0.1) is 0 Å². The van der Waals surface area contributed by atoms with Gasteiger partial charge in [-0.05, 0) is 5.16 Å². The van der Waals surface area contributed by atoms with Gasteiger partial charge in [0.15, 0.2) is 0 Å². The second-order valence-corrected chi connectivity index (χ2v) is 5.44. The van der Waals surface area contributed by atoms with E-state index in [-0.39, 0.29) is 42.2 Å². The first-order valence-corrected chi connectivity index (χ1v) is 7.34. The summed E-state index contributed by atoms with van der Waals surface area (Å²) in [4.78, 5) is 27.8. The number of carbonyl (C=O) groups is 2. The number of likely N-dealkylation sites (tertiary alicyclic amines) is 1. The average Bonchev–Trinajstić information content (AvgIpc) is 3.20. The molecule has 1 aromatic heterocycles. The fourth-order valence-electron chi connectivity index (χ4n) is 2.92. The molecule has 2 aliphatic heterocycles. The Balaban J connectivity index is 1.70. The molecule has 0 spiro atoms. The minimum atomic E-state index is -0.294. The lowest BCUT2D eigenvalue weighted by atomic mass is 10.1. The predicted molar refractivity (Wildman–Crippen MR) is 76.1 cm³/mol. The van der Waals surface area contributed by atoms with Gasteiger partial charge in [0.05, 0.1) is 31.9 Å². The number of aromatic nitrogens is 1. The van der Waals surface area contributed by atoms with Gasteiger partial charge in [0.2, 0.25) is 11.7 Å². The average molecular weight is 325 g/mol. The van der Waals surface area contributed by atoms with E-state index in [1.807, 2.05) is 0 Å². The third-order valence-electron chi connectivity index (χ3n) is 4.11. The van der Waals surface area contributed by atoms with Gasteiger partial charge in [0.25, 0.3) is 11.8 Å². The summed E-state index contributed by atoms with van der Waals surface area (Å²) in [5, 5.41) is 3.63. The number of methoxy groups -OCH3 is 2. The first kappa shape index (κ1) is 15.8. The van der Waals surface area contributed by atoms with Gasteiger partial charge in [0, 0.05) is 26.7 Å². The normalized spacial score (nSPS) is 24.0. The summed E-state index contributed by atoms with van der Waals surface area (Å²) in [6.45, 7) is 1.76. The fourth-order valence-corrected chi connectivity index (χ4v) is 2.92. The number of ether oxygens (including phenoxy) is 3. The molecule has 1 aromatic rings. The molecule has 2 saturated heterocycles. The van der Waals surface area contributed by atoms with Crippen LogP contribution in [0.2, 0.25) is 0 Å². The van der Waals surface area contributed by atoms with Gasteiger partial charge in [-0.15, -0.1) is 0 Å². The van der Waals surface area contributed by atoms with Crippen molar-refractivity contribution in [3.05, 3.63) is 11.8 Å². The Bertz CT molecular complexity index is 589. The van der Waals surface area contributed by atoms with E-state index in [2.05, 4.69) is 5.16 Å². The van der Waals surface area contributed by atoms with Crippen LogP contribution in [0.15, 0.2) is 10.6 Å². The predicted octanol–water partition coefficient (Wildman–Crippen LogP) is -0.619. The lowest BCUT2D eigenvalue weighted by molar-refractivity contribution is -0.153. The third-order valence-corrected chi connectivity index (χ3v) is 4.11. The summed E-state index contributed by atoms with van der Waals surface area (Å²) in [5.41, 5.74) is 0. The van der Waals surface area contributed by atoms with Crippen LogP contribution in [-0.4, -0.2) is 86.0 Å². The second-order valence-electron chi connectivity index (χ2n) is 5.44. The van der Waals surface area contributed by atoms with Crippen molar-refractivity contribution in [2.45, 2.75) is 12.1 Å². The van der Waals surface area contributed by atoms with Crippen LogP contribution in [0.1, 0.15) is 10.6 Å². The molecular weight excluding hydrogens is 306 g/mol. The third kappa shape index (κ3) is 3.02. The second kappa shape index (κ2) is 6.55. The smallest absolute Gasteiger partial charge is 0.292 e. The molecular formula is C14H19N3O6. The molecule has 0 radical (unpaired) electrons. The molecule has 0 bridgehead atoms. The summed E-state index contributed by atoms with van der Waals surface area (Å²) >= 11 is 0. The van der Waals surface area contributed by atoms with Crippen molar-refractivity contribution in [3.8, 4) is 5.88 Å². The molecule has 9 nitrogen and oxygen atoms in total. The topological polar surface area (TPSA) is 94.3 Å². The molecule has 3 heterocycles. The summed E-state index contributed by atoms with van der Waals surface area (Å²) in [5.74, 6) is -0.0229. The molecule has 23 heavy (non-hydrogen) atoms. The van der Waals surface area contributed by atoms with Crippen LogP contribution in [0.4, 0.5) is 0 Å². The van der Waals surface area contributed by atoms with Crippen LogP contribution >= 0.6 is 0 Å². The molecule has 0 unspecified atom stereocenters. The first-order valence-electron chi connectivity index (χ1n) is 7.34. The Hall–Kier alpha value is -2.13. The van der Waals surface area contributed by atoms with Gasteiger partial charge in [-0.1, -0.05) is 0 Å². The zero-order valence-electron chi connectivity index (χ0n) is 13.1. The lowest BCUT2D eigenvalue weighted by Gasteiger charge is -2.36. The number of hydrogen-bond acceptors (Lipinski definition) is 7. The van der Waals surface area contributed by atoms with Crippen LogP contribution in [0.25, 0.3) is 0 Å². The number of fused-ring (bicyclic) bond motifs is 1. The standard InChI is InChI=1S/C14H19N3O6/c1-20-4-3-17-9-6-16(7-11(9)22-8-13(17)18)14(19)10-5-12(21-2)15-23-10/h5,9,11H,3-4,6-8H2,1-2H3/t9-,11-/m1/s1. The molecule has 3 rings (SSSR count). The van der Waals surface area contributed by atoms with Crippen LogP contribution in [0.3, 0.4) is 0 Å². The van der Waals surface area contributed by atoms with Gasteiger partial charge in [0.1, 0.15) is 6.61 Å². The van der Waals surface area contributed by atoms with E-state index in [4.69, 9.17) is 18.7 Å². The number of amides is 2. The van der Waals surface area contributed by atoms with Gasteiger partial charge < -0.3 is 28.5 Å². The Kier molecular flexibility index (Phi) is 4.49. The molecule has 2 amide bonds. The van der Waals surface area contributed by atoms with E-state index in [0.29, 0.717) is 26.2 Å². The molecule has 2 atom stereocenters. The largest absolute Gasteiger partial charge is 0.479 e. The summed E-state index contributed by atoms with van der Waals surface area (Å²) in [6.07, 6.45) is -0.196. The molecule has 2 fully saturated rings. The van der Waals surface area contributed by atoms with E-state index in [9.17, 15) is 9.59 Å². The Morgan fingerprint density at radius 1 is 1.43 bits per heavy atom. The van der Waals surface area contributed by atoms with Crippen molar-refractivity contribution in [1.82, 2.24) is 15.0 Å². The highest BCUT2D eigenvalue weighted by molar-refractivity contribution is 5.92. The summed E-state index contributed by atoms with van der Waals surface area (Å²) in [7, 11) is 3.04. The number of carbonyl (C=O) groups excluding carboxylic acids is 2. The van der Waals surface area contributed by atoms with E-state index < -0.39 is 0 Å². The molecule has 2 aliphatic rings. The molecule has 0 saturated carbocycles. The van der Waals surface area contributed by atoms with Gasteiger partial charge in [-0.25, -0.2) is 0 Å². The van der Waals surface area contributed by atoms with Crippen LogP contribution in [0.5, 0.6) is 5.88 Å². The summed E-state index contributed by atoms with van der Waals surface area (Å²) in [6, 6.07) is 1.28. The molecule has 9 heteroatoms. The Morgan fingerprint density at radius 2 is 2.26 bits per heavy atom. The fraction of sp³-hybridized carbons (Fsp3) is 0.643. The quantitative estimate of drug-likeness (QED) is 0.712. The van der Waals surface area contributed by atoms with Crippen molar-refractivity contribution in [2.24, 2.45) is 0 Å². The Labute approximate surface area is 133 Å². The van der Waals surface area contributed by atoms with Crippen molar-refractivity contribution in [3.63, 3.8) is 0 Å². The summed E-state index contributed by atoms with van der Waals surface area (Å²) < 4.78 is 20.5. The maximum Gasteiger partial charge on any atom is 0.292 e. The van der Waals surface area contributed by atoms with E-state index in [1.165, 1.54) is 13.2 Å². The Morgan fingerprint density at radius 3 is 2.96 bits per heavy atom. The monoisotopic (exact) mass is 325 g/mol. The van der Waals surface area contributed by atoms with Crippen molar-refractivity contribution in [1.29, 1.82) is 0 Å². The van der Waals surface area contributed by atoms with Crippen LogP contribution < -0.4 is 4.74 Å². The maximum atomic E-state index is 12.5. The number of rotatable bonds is 5. The highest BCUT2D eigenvalue weighted by Gasteiger charge is 2.45. The maximum absolute atomic E-state index is 12.5. The minimum Gasteiger partial charge on any atom is -0.479 e. The van der Waals surface area contributed by atoms with Crippen LogP contribution in [-0.2, 0) is 14.3 Å². The van der Waals surface area contributed by atoms with Gasteiger partial charge in [-0.2, -0.15) is 0 Å². The SMILES string of the molecule is COCCN1C(=O)CO[C@@H]2CN(C(=O)c3cc(OC)no3)C[C@H]21. The van der Waals surface area contributed by atoms with Crippen molar-refractivity contribution < 1.29 is 28.3 Å². The van der Waals surface area contributed by atoms with E-state index >= 15 is 0 Å². The zero-order valence-corrected chi connectivity index (χ0v) is 13.1. The molecule has 0 N–H and O–H groups in total. The molecule has 0 aliphatic carbocycles. The molecule has 0 aromatic carbocycles. The number of hydrogen-bond donors (Lipinski definition) is 0.